The van der Waals surface area contributed by atoms with Crippen LogP contribution in [0.25, 0.3) is 0 Å². The van der Waals surface area contributed by atoms with Crippen LogP contribution in [0.1, 0.15) is 11.3 Å². The smallest absolute Gasteiger partial charge is 0.122 e. The average molecular weight is 322 g/mol. The van der Waals surface area contributed by atoms with Gasteiger partial charge < -0.3 is 9.84 Å². The van der Waals surface area contributed by atoms with Crippen LogP contribution in [-0.4, -0.2) is 23.3 Å². The Morgan fingerprint density at radius 3 is 2.79 bits per heavy atom. The molecular weight excluding hydrogens is 306 g/mol. The van der Waals surface area contributed by atoms with Gasteiger partial charge in [0.15, 0.2) is 0 Å². The van der Waals surface area contributed by atoms with Crippen molar-refractivity contribution in [3.05, 3.63) is 58.3 Å². The van der Waals surface area contributed by atoms with E-state index in [0.29, 0.717) is 12.8 Å². The van der Waals surface area contributed by atoms with E-state index in [1.165, 1.54) is 0 Å². The van der Waals surface area contributed by atoms with E-state index in [1.54, 1.807) is 13.3 Å². The SMILES string of the molecule is COc1ccc(Br)cc1CC(O)Cc1ccccn1. The highest BCUT2D eigenvalue weighted by molar-refractivity contribution is 9.10. The summed E-state index contributed by atoms with van der Waals surface area (Å²) in [6.07, 6.45) is 2.34. The van der Waals surface area contributed by atoms with Gasteiger partial charge in [-0.2, -0.15) is 0 Å². The van der Waals surface area contributed by atoms with E-state index in [1.807, 2.05) is 36.4 Å². The van der Waals surface area contributed by atoms with Crippen LogP contribution in [0.2, 0.25) is 0 Å². The number of aliphatic hydroxyl groups is 1. The van der Waals surface area contributed by atoms with Gasteiger partial charge in [0.05, 0.1) is 13.2 Å². The predicted molar refractivity (Wildman–Crippen MR) is 78.3 cm³/mol. The summed E-state index contributed by atoms with van der Waals surface area (Å²) in [4.78, 5) is 4.22. The zero-order valence-electron chi connectivity index (χ0n) is 10.7. The number of benzene rings is 1. The monoisotopic (exact) mass is 321 g/mol. The lowest BCUT2D eigenvalue weighted by molar-refractivity contribution is 0.173. The lowest BCUT2D eigenvalue weighted by atomic mass is 10.0. The Hall–Kier alpha value is -1.39. The van der Waals surface area contributed by atoms with Crippen molar-refractivity contribution >= 4 is 15.9 Å². The summed E-state index contributed by atoms with van der Waals surface area (Å²) in [5.74, 6) is 0.795. The molecule has 1 atom stereocenters. The Morgan fingerprint density at radius 1 is 1.26 bits per heavy atom. The third kappa shape index (κ3) is 4.04. The molecule has 0 aliphatic carbocycles. The third-order valence-electron chi connectivity index (χ3n) is 2.87. The van der Waals surface area contributed by atoms with E-state index in [4.69, 9.17) is 4.74 Å². The van der Waals surface area contributed by atoms with E-state index in [9.17, 15) is 5.11 Å². The van der Waals surface area contributed by atoms with Gasteiger partial charge >= 0.3 is 0 Å². The van der Waals surface area contributed by atoms with E-state index in [-0.39, 0.29) is 0 Å². The van der Waals surface area contributed by atoms with Crippen LogP contribution >= 0.6 is 15.9 Å². The number of hydrogen-bond acceptors (Lipinski definition) is 3. The number of aliphatic hydroxyl groups excluding tert-OH is 1. The zero-order valence-corrected chi connectivity index (χ0v) is 12.3. The van der Waals surface area contributed by atoms with Gasteiger partial charge in [-0.3, -0.25) is 4.98 Å². The molecule has 19 heavy (non-hydrogen) atoms. The molecule has 2 aromatic rings. The van der Waals surface area contributed by atoms with Crippen molar-refractivity contribution in [2.45, 2.75) is 18.9 Å². The molecule has 3 nitrogen and oxygen atoms in total. The Bertz CT molecular complexity index is 531. The summed E-state index contributed by atoms with van der Waals surface area (Å²) >= 11 is 3.43. The van der Waals surface area contributed by atoms with Gasteiger partial charge in [-0.1, -0.05) is 22.0 Å². The van der Waals surface area contributed by atoms with Gasteiger partial charge in [0.25, 0.3) is 0 Å². The molecule has 1 aromatic heterocycles. The second kappa shape index (κ2) is 6.68. The first-order chi connectivity index (χ1) is 9.19. The topological polar surface area (TPSA) is 42.4 Å². The van der Waals surface area contributed by atoms with E-state index in [2.05, 4.69) is 20.9 Å². The molecule has 1 N–H and O–H groups in total. The number of halogens is 1. The lowest BCUT2D eigenvalue weighted by Crippen LogP contribution is -2.15. The van der Waals surface area contributed by atoms with Crippen LogP contribution in [0.5, 0.6) is 5.75 Å². The molecule has 0 spiro atoms. The highest BCUT2D eigenvalue weighted by Gasteiger charge is 2.11. The first-order valence-electron chi connectivity index (χ1n) is 6.09. The maximum atomic E-state index is 10.2. The Labute approximate surface area is 121 Å². The minimum atomic E-state index is -0.474. The molecule has 0 radical (unpaired) electrons. The maximum Gasteiger partial charge on any atom is 0.122 e. The lowest BCUT2D eigenvalue weighted by Gasteiger charge is -2.13. The first-order valence-corrected chi connectivity index (χ1v) is 6.88. The molecule has 0 saturated heterocycles. The van der Waals surface area contributed by atoms with Crippen LogP contribution in [0.4, 0.5) is 0 Å². The van der Waals surface area contributed by atoms with Crippen molar-refractivity contribution in [1.29, 1.82) is 0 Å². The minimum Gasteiger partial charge on any atom is -0.496 e. The average Bonchev–Trinajstić information content (AvgIpc) is 2.40. The highest BCUT2D eigenvalue weighted by Crippen LogP contribution is 2.24. The standard InChI is InChI=1S/C15H16BrNO2/c1-19-15-6-5-12(16)8-11(15)9-14(18)10-13-4-2-3-7-17-13/h2-8,14,18H,9-10H2,1H3. The van der Waals surface area contributed by atoms with Gasteiger partial charge in [-0.05, 0) is 35.9 Å². The molecule has 1 heterocycles. The van der Waals surface area contributed by atoms with Crippen molar-refractivity contribution in [1.82, 2.24) is 4.98 Å². The van der Waals surface area contributed by atoms with Crippen molar-refractivity contribution in [3.8, 4) is 5.75 Å². The molecule has 0 amide bonds. The van der Waals surface area contributed by atoms with Crippen LogP contribution < -0.4 is 4.74 Å². The molecule has 100 valence electrons. The minimum absolute atomic E-state index is 0.474. The summed E-state index contributed by atoms with van der Waals surface area (Å²) in [6, 6.07) is 11.5. The fraction of sp³-hybridized carbons (Fsp3) is 0.267. The zero-order chi connectivity index (χ0) is 13.7. The second-order valence-electron chi connectivity index (χ2n) is 4.34. The summed E-state index contributed by atoms with van der Waals surface area (Å²) < 4.78 is 6.28. The van der Waals surface area contributed by atoms with Crippen molar-refractivity contribution < 1.29 is 9.84 Å². The Kier molecular flexibility index (Phi) is 4.93. The highest BCUT2D eigenvalue weighted by atomic mass is 79.9. The van der Waals surface area contributed by atoms with Crippen molar-refractivity contribution in [2.24, 2.45) is 0 Å². The summed E-state index contributed by atoms with van der Waals surface area (Å²) in [7, 11) is 1.64. The molecule has 0 aliphatic heterocycles. The van der Waals surface area contributed by atoms with Crippen LogP contribution in [0, 0.1) is 0 Å². The van der Waals surface area contributed by atoms with E-state index in [0.717, 1.165) is 21.5 Å². The Morgan fingerprint density at radius 2 is 2.11 bits per heavy atom. The van der Waals surface area contributed by atoms with Crippen LogP contribution in [-0.2, 0) is 12.8 Å². The molecule has 4 heteroatoms. The number of pyridine rings is 1. The molecule has 1 unspecified atom stereocenters. The first kappa shape index (κ1) is 14.0. The van der Waals surface area contributed by atoms with Crippen molar-refractivity contribution in [3.63, 3.8) is 0 Å². The number of hydrogen-bond donors (Lipinski definition) is 1. The van der Waals surface area contributed by atoms with Crippen LogP contribution in [0.15, 0.2) is 47.1 Å². The molecule has 2 rings (SSSR count). The third-order valence-corrected chi connectivity index (χ3v) is 3.36. The van der Waals surface area contributed by atoms with Gasteiger partial charge in [0, 0.05) is 29.2 Å². The van der Waals surface area contributed by atoms with Gasteiger partial charge in [0.1, 0.15) is 5.75 Å². The fourth-order valence-electron chi connectivity index (χ4n) is 1.99. The number of ether oxygens (including phenoxy) is 1. The van der Waals surface area contributed by atoms with Gasteiger partial charge in [0.2, 0.25) is 0 Å². The second-order valence-corrected chi connectivity index (χ2v) is 5.25. The number of rotatable bonds is 5. The van der Waals surface area contributed by atoms with Crippen LogP contribution in [0.3, 0.4) is 0 Å². The van der Waals surface area contributed by atoms with E-state index >= 15 is 0 Å². The summed E-state index contributed by atoms with van der Waals surface area (Å²) in [6.45, 7) is 0. The Balaban J connectivity index is 2.06. The molecule has 0 aliphatic rings. The maximum absolute atomic E-state index is 10.2. The summed E-state index contributed by atoms with van der Waals surface area (Å²) in [5, 5.41) is 10.2. The number of methoxy groups -OCH3 is 1. The fourth-order valence-corrected chi connectivity index (χ4v) is 2.40. The molecular formula is C15H16BrNO2. The van der Waals surface area contributed by atoms with Crippen molar-refractivity contribution in [2.75, 3.05) is 7.11 Å². The largest absolute Gasteiger partial charge is 0.496 e. The summed E-state index contributed by atoms with van der Waals surface area (Å²) in [5.41, 5.74) is 1.88. The molecule has 0 bridgehead atoms. The normalized spacial score (nSPS) is 12.2. The number of aromatic nitrogens is 1. The molecule has 0 saturated carbocycles. The van der Waals surface area contributed by atoms with Gasteiger partial charge in [-0.25, -0.2) is 0 Å². The molecule has 0 fully saturated rings. The molecule has 1 aromatic carbocycles. The predicted octanol–water partition coefficient (Wildman–Crippen LogP) is 3.00. The van der Waals surface area contributed by atoms with Gasteiger partial charge in [-0.15, -0.1) is 0 Å². The quantitative estimate of drug-likeness (QED) is 0.920. The number of nitrogens with zero attached hydrogens (tertiary/aromatic N) is 1. The van der Waals surface area contributed by atoms with E-state index < -0.39 is 6.10 Å².